The van der Waals surface area contributed by atoms with E-state index in [9.17, 15) is 9.59 Å². The Morgan fingerprint density at radius 1 is 0.676 bits per heavy atom. The third-order valence-corrected chi connectivity index (χ3v) is 8.31. The number of carbonyl (C=O) groups is 2. The molecule has 34 heavy (non-hydrogen) atoms. The van der Waals surface area contributed by atoms with Crippen molar-refractivity contribution in [2.24, 2.45) is 28.7 Å². The van der Waals surface area contributed by atoms with Gasteiger partial charge >= 0.3 is 0 Å². The number of amides is 2. The smallest absolute Gasteiger partial charge is 0.224 e. The normalized spacial score (nSPS) is 24.6. The Hall–Kier alpha value is -1.14. The van der Waals surface area contributed by atoms with Crippen LogP contribution < -0.4 is 22.1 Å². The molecule has 0 aromatic rings. The molecule has 0 aromatic heterocycles. The van der Waals surface area contributed by atoms with E-state index in [1.54, 1.807) is 0 Å². The lowest BCUT2D eigenvalue weighted by Crippen LogP contribution is -2.66. The van der Waals surface area contributed by atoms with Gasteiger partial charge in [-0.25, -0.2) is 0 Å². The summed E-state index contributed by atoms with van der Waals surface area (Å²) >= 11 is 0. The van der Waals surface area contributed by atoms with E-state index in [0.29, 0.717) is 6.42 Å². The second-order valence-electron chi connectivity index (χ2n) is 14.1. The van der Waals surface area contributed by atoms with E-state index in [0.717, 1.165) is 64.2 Å². The highest BCUT2D eigenvalue weighted by atomic mass is 16.1. The fourth-order valence-corrected chi connectivity index (χ4v) is 7.89. The van der Waals surface area contributed by atoms with Crippen LogP contribution in [0.3, 0.4) is 0 Å². The van der Waals surface area contributed by atoms with Crippen molar-refractivity contribution in [2.45, 2.75) is 148 Å². The number of piperidine rings is 2. The van der Waals surface area contributed by atoms with Crippen molar-refractivity contribution in [3.05, 3.63) is 0 Å². The Morgan fingerprint density at radius 3 is 1.38 bits per heavy atom. The number of nitrogens with one attached hydrogen (secondary N) is 2. The van der Waals surface area contributed by atoms with Crippen LogP contribution in [0.5, 0.6) is 0 Å². The van der Waals surface area contributed by atoms with Gasteiger partial charge in [0.15, 0.2) is 0 Å². The molecule has 0 bridgehead atoms. The molecule has 0 aliphatic carbocycles. The lowest BCUT2D eigenvalue weighted by molar-refractivity contribution is -0.144. The predicted molar refractivity (Wildman–Crippen MR) is 141 cm³/mol. The first-order chi connectivity index (χ1) is 15.4. The molecule has 2 aliphatic heterocycles. The van der Waals surface area contributed by atoms with Gasteiger partial charge in [0.05, 0.1) is 5.41 Å². The predicted octanol–water partition coefficient (Wildman–Crippen LogP) is 4.79. The molecule has 2 fully saturated rings. The van der Waals surface area contributed by atoms with Gasteiger partial charge in [-0.15, -0.1) is 0 Å². The van der Waals surface area contributed by atoms with E-state index in [4.69, 9.17) is 11.5 Å². The lowest BCUT2D eigenvalue weighted by atomic mass is 9.52. The SMILES string of the molecule is CC1(C)CC(C(CCCCCCCC(N)=O)(C(N)=O)C2CC(C)(C)NC(C)(C)C2)CC(C)(C)N1. The maximum Gasteiger partial charge on any atom is 0.224 e. The van der Waals surface area contributed by atoms with Crippen LogP contribution in [0, 0.1) is 17.3 Å². The fourth-order valence-electron chi connectivity index (χ4n) is 7.89. The number of hydrogen-bond acceptors (Lipinski definition) is 4. The highest BCUT2D eigenvalue weighted by Gasteiger charge is 2.57. The third kappa shape index (κ3) is 7.68. The molecule has 0 atom stereocenters. The summed E-state index contributed by atoms with van der Waals surface area (Å²) in [6.45, 7) is 18.1. The Labute approximate surface area is 209 Å². The van der Waals surface area contributed by atoms with Crippen molar-refractivity contribution in [1.29, 1.82) is 0 Å². The average Bonchev–Trinajstić information content (AvgIpc) is 2.58. The quantitative estimate of drug-likeness (QED) is 0.320. The van der Waals surface area contributed by atoms with Crippen LogP contribution in [0.15, 0.2) is 0 Å². The van der Waals surface area contributed by atoms with Gasteiger partial charge in [0, 0.05) is 28.6 Å². The minimum atomic E-state index is -0.513. The Morgan fingerprint density at radius 2 is 1.03 bits per heavy atom. The van der Waals surface area contributed by atoms with Gasteiger partial charge in [0.25, 0.3) is 0 Å². The number of unbranched alkanes of at least 4 members (excludes halogenated alkanes) is 4. The molecule has 6 heteroatoms. The first-order valence-electron chi connectivity index (χ1n) is 13.6. The number of primary amides is 2. The number of hydrogen-bond donors (Lipinski definition) is 4. The van der Waals surface area contributed by atoms with Crippen molar-refractivity contribution in [2.75, 3.05) is 0 Å². The van der Waals surface area contributed by atoms with Crippen molar-refractivity contribution < 1.29 is 9.59 Å². The summed E-state index contributed by atoms with van der Waals surface area (Å²) in [5.41, 5.74) is 11.0. The maximum absolute atomic E-state index is 13.6. The molecule has 2 heterocycles. The van der Waals surface area contributed by atoms with E-state index in [1.807, 2.05) is 0 Å². The highest BCUT2D eigenvalue weighted by molar-refractivity contribution is 5.82. The number of rotatable bonds is 11. The summed E-state index contributed by atoms with van der Waals surface area (Å²) in [6, 6.07) is 0. The molecule has 2 aliphatic rings. The Bertz CT molecular complexity index is 656. The molecule has 2 amide bonds. The van der Waals surface area contributed by atoms with Crippen LogP contribution in [0.2, 0.25) is 0 Å². The van der Waals surface area contributed by atoms with Gasteiger partial charge in [0.2, 0.25) is 11.8 Å². The summed E-state index contributed by atoms with van der Waals surface area (Å²) in [5.74, 6) is 0.180. The van der Waals surface area contributed by atoms with E-state index in [-0.39, 0.29) is 45.8 Å². The van der Waals surface area contributed by atoms with Gasteiger partial charge in [-0.3, -0.25) is 9.59 Å². The molecular weight excluding hydrogens is 424 g/mol. The summed E-state index contributed by atoms with van der Waals surface area (Å²) in [5, 5.41) is 7.61. The molecule has 2 saturated heterocycles. The van der Waals surface area contributed by atoms with E-state index < -0.39 is 5.41 Å². The van der Waals surface area contributed by atoms with Crippen molar-refractivity contribution in [3.8, 4) is 0 Å². The van der Waals surface area contributed by atoms with Crippen LogP contribution in [0.4, 0.5) is 0 Å². The Kier molecular flexibility index (Phi) is 8.95. The second-order valence-corrected chi connectivity index (χ2v) is 14.1. The van der Waals surface area contributed by atoms with Gasteiger partial charge < -0.3 is 22.1 Å². The van der Waals surface area contributed by atoms with Crippen molar-refractivity contribution >= 4 is 11.8 Å². The number of carbonyl (C=O) groups excluding carboxylic acids is 2. The first-order valence-corrected chi connectivity index (χ1v) is 13.6. The monoisotopic (exact) mass is 478 g/mol. The molecule has 6 nitrogen and oxygen atoms in total. The van der Waals surface area contributed by atoms with E-state index in [1.165, 1.54) is 0 Å². The minimum Gasteiger partial charge on any atom is -0.370 e. The average molecular weight is 479 g/mol. The molecule has 198 valence electrons. The molecular formula is C28H54N4O2. The summed E-state index contributed by atoms with van der Waals surface area (Å²) in [6.07, 6.45) is 10.1. The lowest BCUT2D eigenvalue weighted by Gasteiger charge is -2.58. The molecule has 0 radical (unpaired) electrons. The van der Waals surface area contributed by atoms with E-state index >= 15 is 0 Å². The van der Waals surface area contributed by atoms with Crippen molar-refractivity contribution in [3.63, 3.8) is 0 Å². The molecule has 0 unspecified atom stereocenters. The first kappa shape index (κ1) is 29.1. The second kappa shape index (κ2) is 10.5. The van der Waals surface area contributed by atoms with Crippen LogP contribution in [0.1, 0.15) is 126 Å². The van der Waals surface area contributed by atoms with Gasteiger partial charge in [-0.05, 0) is 106 Å². The molecule has 0 saturated carbocycles. The third-order valence-electron chi connectivity index (χ3n) is 8.31. The maximum atomic E-state index is 13.6. The van der Waals surface area contributed by atoms with Crippen molar-refractivity contribution in [1.82, 2.24) is 10.6 Å². The molecule has 2 rings (SSSR count). The zero-order valence-electron chi connectivity index (χ0n) is 23.4. The fraction of sp³-hybridized carbons (Fsp3) is 0.929. The van der Waals surface area contributed by atoms with E-state index in [2.05, 4.69) is 66.0 Å². The van der Waals surface area contributed by atoms with Crippen LogP contribution in [-0.2, 0) is 9.59 Å². The molecule has 6 N–H and O–H groups in total. The highest BCUT2D eigenvalue weighted by Crippen LogP contribution is 2.55. The zero-order valence-corrected chi connectivity index (χ0v) is 23.4. The summed E-state index contributed by atoms with van der Waals surface area (Å²) in [7, 11) is 0. The van der Waals surface area contributed by atoms with Gasteiger partial charge in [0.1, 0.15) is 0 Å². The van der Waals surface area contributed by atoms with Crippen LogP contribution in [-0.4, -0.2) is 34.0 Å². The molecule has 0 spiro atoms. The minimum absolute atomic E-state index is 0.0418. The van der Waals surface area contributed by atoms with Crippen LogP contribution >= 0.6 is 0 Å². The largest absolute Gasteiger partial charge is 0.370 e. The standard InChI is InChI=1S/C28H54N4O2/c1-24(2)16-20(17-25(3,4)31-24)28(23(30)34,15-13-11-9-10-12-14-22(29)33)21-18-26(5,6)32-27(7,8)19-21/h20-21,31-32H,9-19H2,1-8H3,(H2,29,33)(H2,30,34). The van der Waals surface area contributed by atoms with Gasteiger partial charge in [-0.1, -0.05) is 25.7 Å². The Balaban J connectivity index is 2.34. The van der Waals surface area contributed by atoms with Crippen LogP contribution in [0.25, 0.3) is 0 Å². The zero-order chi connectivity index (χ0) is 26.0. The topological polar surface area (TPSA) is 110 Å². The molecule has 0 aromatic carbocycles. The summed E-state index contributed by atoms with van der Waals surface area (Å²) in [4.78, 5) is 24.7. The number of nitrogens with two attached hydrogens (primary N) is 2. The van der Waals surface area contributed by atoms with Gasteiger partial charge in [-0.2, -0.15) is 0 Å². The summed E-state index contributed by atoms with van der Waals surface area (Å²) < 4.78 is 0.